The lowest BCUT2D eigenvalue weighted by atomic mass is 10.3. The summed E-state index contributed by atoms with van der Waals surface area (Å²) < 4.78 is 3.72. The second-order valence-electron chi connectivity index (χ2n) is 6.13. The lowest BCUT2D eigenvalue weighted by Crippen LogP contribution is -2.23. The average molecular weight is 391 g/mol. The largest absolute Gasteiger partial charge is 0.322 e. The van der Waals surface area contributed by atoms with Crippen molar-refractivity contribution in [2.45, 2.75) is 37.6 Å². The van der Waals surface area contributed by atoms with Crippen molar-refractivity contribution in [3.8, 4) is 0 Å². The predicted octanol–water partition coefficient (Wildman–Crippen LogP) is 2.94. The van der Waals surface area contributed by atoms with Crippen LogP contribution >= 0.6 is 23.1 Å². The fourth-order valence-corrected chi connectivity index (χ4v) is 4.10. The number of amides is 1. The predicted molar refractivity (Wildman–Crippen MR) is 105 cm³/mol. The van der Waals surface area contributed by atoms with Gasteiger partial charge in [-0.05, 0) is 32.2 Å². The van der Waals surface area contributed by atoms with Crippen LogP contribution in [0.3, 0.4) is 0 Å². The number of aryl methyl sites for hydroxylation is 2. The third kappa shape index (κ3) is 3.83. The highest BCUT2D eigenvalue weighted by molar-refractivity contribution is 8.00. The zero-order chi connectivity index (χ0) is 18.8. The molecule has 3 heterocycles. The molecule has 0 unspecified atom stereocenters. The van der Waals surface area contributed by atoms with Gasteiger partial charge >= 0.3 is 0 Å². The van der Waals surface area contributed by atoms with Gasteiger partial charge in [-0.3, -0.25) is 9.48 Å². The van der Waals surface area contributed by atoms with Crippen LogP contribution in [0.1, 0.15) is 29.0 Å². The molecule has 3 aromatic heterocycles. The second-order valence-corrected chi connectivity index (χ2v) is 8.47. The summed E-state index contributed by atoms with van der Waals surface area (Å²) in [7, 11) is 3.80. The summed E-state index contributed by atoms with van der Waals surface area (Å²) in [6, 6.07) is 4.11. The van der Waals surface area contributed by atoms with Gasteiger partial charge in [-0.1, -0.05) is 17.8 Å². The second kappa shape index (κ2) is 7.63. The Morgan fingerprint density at radius 2 is 2.12 bits per heavy atom. The molecule has 0 spiro atoms. The number of aromatic nitrogens is 5. The monoisotopic (exact) mass is 390 g/mol. The molecule has 0 fully saturated rings. The Morgan fingerprint density at radius 1 is 1.35 bits per heavy atom. The minimum atomic E-state index is -0.300. The first kappa shape index (κ1) is 18.7. The molecule has 0 saturated carbocycles. The van der Waals surface area contributed by atoms with Gasteiger partial charge in [-0.25, -0.2) is 0 Å². The molecule has 7 nitrogen and oxygen atoms in total. The van der Waals surface area contributed by atoms with E-state index in [1.165, 1.54) is 16.6 Å². The summed E-state index contributed by atoms with van der Waals surface area (Å²) in [6.07, 6.45) is 0.746. The van der Waals surface area contributed by atoms with Crippen molar-refractivity contribution < 1.29 is 4.79 Å². The minimum Gasteiger partial charge on any atom is -0.322 e. The molecule has 1 N–H and O–H groups in total. The molecule has 3 rings (SSSR count). The number of nitrogens with one attached hydrogen (secondary N) is 1. The summed E-state index contributed by atoms with van der Waals surface area (Å²) >= 11 is 3.10. The van der Waals surface area contributed by atoms with Gasteiger partial charge in [0.15, 0.2) is 5.16 Å². The maximum absolute atomic E-state index is 12.6. The zero-order valence-corrected chi connectivity index (χ0v) is 17.1. The van der Waals surface area contributed by atoms with Crippen LogP contribution in [0.2, 0.25) is 0 Å². The smallest absolute Gasteiger partial charge is 0.237 e. The number of carbonyl (C=O) groups is 1. The van der Waals surface area contributed by atoms with Crippen LogP contribution in [0.4, 0.5) is 5.69 Å². The van der Waals surface area contributed by atoms with E-state index >= 15 is 0 Å². The number of nitrogens with zero attached hydrogens (tertiary/aromatic N) is 5. The number of rotatable bonds is 6. The van der Waals surface area contributed by atoms with Gasteiger partial charge in [0.2, 0.25) is 5.91 Å². The summed E-state index contributed by atoms with van der Waals surface area (Å²) in [5, 5.41) is 18.3. The van der Waals surface area contributed by atoms with E-state index in [1.54, 1.807) is 16.0 Å². The van der Waals surface area contributed by atoms with Gasteiger partial charge in [0.25, 0.3) is 0 Å². The van der Waals surface area contributed by atoms with E-state index in [4.69, 9.17) is 0 Å². The SMILES string of the molecule is Cc1nn(C)c(C)c1NC(=O)[C@@H](C)Sc1nnc(Cc2cccs2)n1C. The summed E-state index contributed by atoms with van der Waals surface area (Å²) in [6.45, 7) is 5.70. The molecule has 0 radical (unpaired) electrons. The first-order valence-electron chi connectivity index (χ1n) is 8.25. The number of hydrogen-bond acceptors (Lipinski definition) is 6. The molecule has 0 aliphatic rings. The van der Waals surface area contributed by atoms with Gasteiger partial charge < -0.3 is 9.88 Å². The van der Waals surface area contributed by atoms with E-state index < -0.39 is 0 Å². The van der Waals surface area contributed by atoms with Crippen LogP contribution < -0.4 is 5.32 Å². The van der Waals surface area contributed by atoms with E-state index in [0.29, 0.717) is 0 Å². The molecule has 0 bridgehead atoms. The normalized spacial score (nSPS) is 12.3. The van der Waals surface area contributed by atoms with Crippen molar-refractivity contribution in [2.24, 2.45) is 14.1 Å². The number of thioether (sulfide) groups is 1. The maximum Gasteiger partial charge on any atom is 0.237 e. The molecule has 26 heavy (non-hydrogen) atoms. The topological polar surface area (TPSA) is 77.6 Å². The van der Waals surface area contributed by atoms with Gasteiger partial charge in [-0.2, -0.15) is 5.10 Å². The molecule has 3 aromatic rings. The fraction of sp³-hybridized carbons (Fsp3) is 0.412. The number of anilines is 1. The Labute approximate surface area is 160 Å². The van der Waals surface area contributed by atoms with Crippen molar-refractivity contribution in [1.29, 1.82) is 0 Å². The molecule has 0 saturated heterocycles. The van der Waals surface area contributed by atoms with Gasteiger partial charge in [0.1, 0.15) is 5.82 Å². The van der Waals surface area contributed by atoms with Gasteiger partial charge in [-0.15, -0.1) is 21.5 Å². The number of hydrogen-bond donors (Lipinski definition) is 1. The van der Waals surface area contributed by atoms with Crippen molar-refractivity contribution in [3.05, 3.63) is 39.6 Å². The molecule has 1 amide bonds. The molecule has 138 valence electrons. The van der Waals surface area contributed by atoms with Crippen LogP contribution in [0.15, 0.2) is 22.7 Å². The van der Waals surface area contributed by atoms with Crippen molar-refractivity contribution in [3.63, 3.8) is 0 Å². The standard InChI is InChI=1S/C17H22N6OS2/c1-10-15(11(2)23(5)21-10)18-16(24)12(3)26-17-20-19-14(22(17)4)9-13-7-6-8-25-13/h6-8,12H,9H2,1-5H3,(H,18,24)/t12-/m1/s1. The zero-order valence-electron chi connectivity index (χ0n) is 15.5. The highest BCUT2D eigenvalue weighted by atomic mass is 32.2. The van der Waals surface area contributed by atoms with E-state index in [2.05, 4.69) is 32.1 Å². The molecule has 1 atom stereocenters. The van der Waals surface area contributed by atoms with E-state index in [9.17, 15) is 4.79 Å². The van der Waals surface area contributed by atoms with Crippen LogP contribution in [0.5, 0.6) is 0 Å². The molecule has 0 aliphatic heterocycles. The number of thiophene rings is 1. The van der Waals surface area contributed by atoms with E-state index in [-0.39, 0.29) is 11.2 Å². The molecule has 9 heteroatoms. The third-order valence-corrected chi connectivity index (χ3v) is 6.26. The lowest BCUT2D eigenvalue weighted by Gasteiger charge is -2.12. The quantitative estimate of drug-likeness (QED) is 0.655. The van der Waals surface area contributed by atoms with Gasteiger partial charge in [0.05, 0.1) is 22.3 Å². The van der Waals surface area contributed by atoms with Crippen LogP contribution in [0, 0.1) is 13.8 Å². The van der Waals surface area contributed by atoms with Crippen molar-refractivity contribution >= 4 is 34.7 Å². The van der Waals surface area contributed by atoms with Crippen molar-refractivity contribution in [2.75, 3.05) is 5.32 Å². The highest BCUT2D eigenvalue weighted by Crippen LogP contribution is 2.25. The van der Waals surface area contributed by atoms with E-state index in [0.717, 1.165) is 34.5 Å². The number of carbonyl (C=O) groups excluding carboxylic acids is 1. The first-order chi connectivity index (χ1) is 12.4. The Balaban J connectivity index is 1.67. The molecule has 0 aliphatic carbocycles. The Hall–Kier alpha value is -2.13. The molecular weight excluding hydrogens is 368 g/mol. The molecular formula is C17H22N6OS2. The maximum atomic E-state index is 12.6. The Morgan fingerprint density at radius 3 is 2.73 bits per heavy atom. The lowest BCUT2D eigenvalue weighted by molar-refractivity contribution is -0.115. The van der Waals surface area contributed by atoms with Crippen LogP contribution in [-0.4, -0.2) is 35.7 Å². The van der Waals surface area contributed by atoms with Crippen molar-refractivity contribution in [1.82, 2.24) is 24.5 Å². The minimum absolute atomic E-state index is 0.0722. The highest BCUT2D eigenvalue weighted by Gasteiger charge is 2.21. The summed E-state index contributed by atoms with van der Waals surface area (Å²) in [5.41, 5.74) is 2.53. The fourth-order valence-electron chi connectivity index (χ4n) is 2.56. The van der Waals surface area contributed by atoms with Crippen LogP contribution in [-0.2, 0) is 25.3 Å². The summed E-state index contributed by atoms with van der Waals surface area (Å²) in [4.78, 5) is 13.8. The van der Waals surface area contributed by atoms with Gasteiger partial charge in [0, 0.05) is 25.4 Å². The molecule has 0 aromatic carbocycles. The Kier molecular flexibility index (Phi) is 5.47. The van der Waals surface area contributed by atoms with Crippen LogP contribution in [0.25, 0.3) is 0 Å². The summed E-state index contributed by atoms with van der Waals surface area (Å²) in [5.74, 6) is 0.818. The third-order valence-electron chi connectivity index (χ3n) is 4.25. The van der Waals surface area contributed by atoms with E-state index in [1.807, 2.05) is 45.5 Å². The Bertz CT molecular complexity index is 912. The first-order valence-corrected chi connectivity index (χ1v) is 10.0. The average Bonchev–Trinajstić information content (AvgIpc) is 3.28.